The van der Waals surface area contributed by atoms with E-state index in [0.29, 0.717) is 0 Å². The minimum atomic E-state index is 0.870. The van der Waals surface area contributed by atoms with Crippen molar-refractivity contribution >= 4 is 22.1 Å². The normalized spacial score (nSPS) is 13.3. The average molecular weight is 323 g/mol. The number of hydrogen-bond acceptors (Lipinski definition) is 0. The molecule has 0 heterocycles. The summed E-state index contributed by atoms with van der Waals surface area (Å²) in [5.41, 5.74) is 4.88. The van der Waals surface area contributed by atoms with Crippen molar-refractivity contribution in [2.45, 2.75) is 0 Å². The van der Waals surface area contributed by atoms with E-state index in [1.807, 2.05) is 12.2 Å². The molecule has 1 aliphatic rings. The van der Waals surface area contributed by atoms with Gasteiger partial charge in [0, 0.05) is 12.2 Å². The Bertz CT molecular complexity index is 1010. The second-order valence-electron chi connectivity index (χ2n) is 6.00. The van der Waals surface area contributed by atoms with E-state index in [1.165, 1.54) is 33.0 Å². The van der Waals surface area contributed by atoms with Gasteiger partial charge in [0.1, 0.15) is 0 Å². The SMILES string of the molecule is C[O+]=C1C=CC(=C(c2ccccc2)c2cccc3ccccc23)C=C1. The minimum Gasteiger partial charge on any atom is -0.258 e. The zero-order chi connectivity index (χ0) is 17.1. The maximum absolute atomic E-state index is 5.32. The largest absolute Gasteiger partial charge is 0.343 e. The van der Waals surface area contributed by atoms with Crippen LogP contribution in [0.3, 0.4) is 0 Å². The molecule has 1 nitrogen and oxygen atoms in total. The van der Waals surface area contributed by atoms with E-state index >= 15 is 0 Å². The highest BCUT2D eigenvalue weighted by atomic mass is 16.4. The summed E-state index contributed by atoms with van der Waals surface area (Å²) in [4.78, 5) is 0. The first-order valence-corrected chi connectivity index (χ1v) is 8.42. The maximum atomic E-state index is 5.32. The molecule has 0 spiro atoms. The smallest absolute Gasteiger partial charge is 0.258 e. The zero-order valence-electron chi connectivity index (χ0n) is 14.1. The molecule has 0 atom stereocenters. The van der Waals surface area contributed by atoms with E-state index < -0.39 is 0 Å². The van der Waals surface area contributed by atoms with Gasteiger partial charge in [-0.3, -0.25) is 4.42 Å². The van der Waals surface area contributed by atoms with Gasteiger partial charge in [-0.25, -0.2) is 0 Å². The van der Waals surface area contributed by atoms with Crippen LogP contribution in [0.1, 0.15) is 11.1 Å². The monoisotopic (exact) mass is 323 g/mol. The number of ketones is 1. The van der Waals surface area contributed by atoms with Crippen LogP contribution < -0.4 is 0 Å². The molecule has 0 amide bonds. The molecule has 0 saturated carbocycles. The number of carbonyl (C=O) groups excluding carboxylic acids is 1. The van der Waals surface area contributed by atoms with Crippen molar-refractivity contribution in [3.05, 3.63) is 114 Å². The Labute approximate surface area is 147 Å². The van der Waals surface area contributed by atoms with Crippen LogP contribution in [0.2, 0.25) is 0 Å². The Balaban J connectivity index is 2.01. The minimum absolute atomic E-state index is 0.870. The number of allylic oxidation sites excluding steroid dienone is 5. The molecule has 4 rings (SSSR count). The van der Waals surface area contributed by atoms with Crippen molar-refractivity contribution in [1.29, 1.82) is 0 Å². The number of rotatable bonds is 2. The van der Waals surface area contributed by atoms with Crippen LogP contribution in [-0.4, -0.2) is 12.9 Å². The maximum Gasteiger partial charge on any atom is 0.343 e. The zero-order valence-corrected chi connectivity index (χ0v) is 14.1. The molecule has 0 saturated heterocycles. The first-order chi connectivity index (χ1) is 12.4. The van der Waals surface area contributed by atoms with Crippen molar-refractivity contribution in [3.8, 4) is 0 Å². The van der Waals surface area contributed by atoms with Crippen molar-refractivity contribution in [2.24, 2.45) is 0 Å². The summed E-state index contributed by atoms with van der Waals surface area (Å²) in [6.07, 6.45) is 8.29. The van der Waals surface area contributed by atoms with E-state index in [1.54, 1.807) is 7.11 Å². The Morgan fingerprint density at radius 3 is 2.12 bits per heavy atom. The van der Waals surface area contributed by atoms with Gasteiger partial charge in [0.05, 0.1) is 0 Å². The van der Waals surface area contributed by atoms with Gasteiger partial charge in [0.25, 0.3) is 7.11 Å². The first kappa shape index (κ1) is 15.3. The second-order valence-corrected chi connectivity index (χ2v) is 6.00. The number of fused-ring (bicyclic) bond motifs is 1. The highest BCUT2D eigenvalue weighted by Crippen LogP contribution is 2.33. The molecule has 25 heavy (non-hydrogen) atoms. The molecule has 0 fully saturated rings. The third-order valence-electron chi connectivity index (χ3n) is 4.50. The predicted octanol–water partition coefficient (Wildman–Crippen LogP) is 5.50. The summed E-state index contributed by atoms with van der Waals surface area (Å²) in [5, 5.41) is 2.52. The van der Waals surface area contributed by atoms with E-state index in [9.17, 15) is 0 Å². The lowest BCUT2D eigenvalue weighted by Crippen LogP contribution is -1.99. The summed E-state index contributed by atoms with van der Waals surface area (Å²) < 4.78 is 5.32. The number of benzene rings is 3. The molecule has 0 radical (unpaired) electrons. The van der Waals surface area contributed by atoms with Gasteiger partial charge in [-0.15, -0.1) is 0 Å². The Morgan fingerprint density at radius 1 is 0.680 bits per heavy atom. The van der Waals surface area contributed by atoms with Crippen molar-refractivity contribution in [2.75, 3.05) is 7.11 Å². The van der Waals surface area contributed by atoms with Crippen molar-refractivity contribution in [3.63, 3.8) is 0 Å². The fourth-order valence-electron chi connectivity index (χ4n) is 3.28. The van der Waals surface area contributed by atoms with E-state index in [4.69, 9.17) is 4.42 Å². The molecule has 0 N–H and O–H groups in total. The van der Waals surface area contributed by atoms with Gasteiger partial charge in [0.2, 0.25) is 0 Å². The quantitative estimate of drug-likeness (QED) is 0.552. The third-order valence-corrected chi connectivity index (χ3v) is 4.50. The van der Waals surface area contributed by atoms with Gasteiger partial charge in [-0.1, -0.05) is 72.8 Å². The predicted molar refractivity (Wildman–Crippen MR) is 106 cm³/mol. The first-order valence-electron chi connectivity index (χ1n) is 8.42. The highest BCUT2D eigenvalue weighted by Gasteiger charge is 2.15. The van der Waals surface area contributed by atoms with Gasteiger partial charge in [-0.2, -0.15) is 0 Å². The molecule has 0 aliphatic heterocycles. The van der Waals surface area contributed by atoms with Crippen LogP contribution in [0.4, 0.5) is 0 Å². The molecule has 1 aliphatic carbocycles. The Morgan fingerprint density at radius 2 is 1.36 bits per heavy atom. The third kappa shape index (κ3) is 2.97. The molecule has 0 aromatic heterocycles. The van der Waals surface area contributed by atoms with Gasteiger partial charge < -0.3 is 0 Å². The average Bonchev–Trinajstić information content (AvgIpc) is 2.70. The Hall–Kier alpha value is -3.19. The standard InChI is InChI=1S/C24H19O/c1-25-21-16-14-20(15-17-21)24(19-9-3-2-4-10-19)23-13-7-11-18-8-5-6-12-22(18)23/h2-17H,1H3/q+1. The second kappa shape index (κ2) is 6.74. The Kier molecular flexibility index (Phi) is 4.14. The lowest BCUT2D eigenvalue weighted by Gasteiger charge is -2.15. The molecule has 0 unspecified atom stereocenters. The number of hydrogen-bond donors (Lipinski definition) is 0. The highest BCUT2D eigenvalue weighted by molar-refractivity contribution is 6.05. The summed E-state index contributed by atoms with van der Waals surface area (Å²) in [5.74, 6) is 0.870. The molecule has 3 aromatic rings. The fourth-order valence-corrected chi connectivity index (χ4v) is 3.28. The van der Waals surface area contributed by atoms with E-state index in [0.717, 1.165) is 5.78 Å². The van der Waals surface area contributed by atoms with Crippen LogP contribution >= 0.6 is 0 Å². The van der Waals surface area contributed by atoms with Crippen molar-refractivity contribution < 1.29 is 4.42 Å². The summed E-state index contributed by atoms with van der Waals surface area (Å²) in [6.45, 7) is 0. The lowest BCUT2D eigenvalue weighted by molar-refractivity contribution is -0.417. The molecule has 0 bridgehead atoms. The summed E-state index contributed by atoms with van der Waals surface area (Å²) in [7, 11) is 1.70. The van der Waals surface area contributed by atoms with Gasteiger partial charge in [-0.05, 0) is 45.2 Å². The van der Waals surface area contributed by atoms with Crippen LogP contribution in [0.15, 0.2) is 103 Å². The lowest BCUT2D eigenvalue weighted by atomic mass is 9.88. The molecular weight excluding hydrogens is 304 g/mol. The van der Waals surface area contributed by atoms with Gasteiger partial charge >= 0.3 is 5.78 Å². The fraction of sp³-hybridized carbons (Fsp3) is 0.0417. The topological polar surface area (TPSA) is 11.3 Å². The van der Waals surface area contributed by atoms with Crippen LogP contribution in [0, 0.1) is 0 Å². The molecule has 120 valence electrons. The van der Waals surface area contributed by atoms with E-state index in [2.05, 4.69) is 84.9 Å². The van der Waals surface area contributed by atoms with Crippen LogP contribution in [0.25, 0.3) is 16.3 Å². The molecule has 1 heteroatoms. The summed E-state index contributed by atoms with van der Waals surface area (Å²) >= 11 is 0. The molecule has 3 aromatic carbocycles. The van der Waals surface area contributed by atoms with E-state index in [-0.39, 0.29) is 0 Å². The molecular formula is C24H19O+. The van der Waals surface area contributed by atoms with Crippen LogP contribution in [-0.2, 0) is 4.42 Å². The van der Waals surface area contributed by atoms with Gasteiger partial charge in [0.15, 0.2) is 0 Å². The van der Waals surface area contributed by atoms with Crippen molar-refractivity contribution in [1.82, 2.24) is 0 Å². The van der Waals surface area contributed by atoms with Crippen LogP contribution in [0.5, 0.6) is 0 Å². The summed E-state index contributed by atoms with van der Waals surface area (Å²) in [6, 6.07) is 25.6.